The van der Waals surface area contributed by atoms with Gasteiger partial charge >= 0.3 is 0 Å². The Balaban J connectivity index is 2.08. The Labute approximate surface area is 143 Å². The summed E-state index contributed by atoms with van der Waals surface area (Å²) in [4.78, 5) is 19.6. The van der Waals surface area contributed by atoms with E-state index in [-0.39, 0.29) is 10.5 Å². The second-order valence-corrected chi connectivity index (χ2v) is 12.0. The van der Waals surface area contributed by atoms with Crippen LogP contribution in [0.3, 0.4) is 0 Å². The number of thiazole rings is 1. The lowest BCUT2D eigenvalue weighted by molar-refractivity contribution is -0.109. The number of hydrogen-bond acceptors (Lipinski definition) is 6. The molecular formula is C15H26N2O2S2Si. The molecule has 7 heteroatoms. The Morgan fingerprint density at radius 3 is 2.59 bits per heavy atom. The quantitative estimate of drug-likeness (QED) is 0.755. The van der Waals surface area contributed by atoms with Gasteiger partial charge in [0.1, 0.15) is 0 Å². The van der Waals surface area contributed by atoms with Gasteiger partial charge in [-0.25, -0.2) is 4.98 Å². The van der Waals surface area contributed by atoms with Crippen LogP contribution in [-0.4, -0.2) is 37.5 Å². The Morgan fingerprint density at radius 2 is 2.09 bits per heavy atom. The number of aromatic nitrogens is 1. The predicted molar refractivity (Wildman–Crippen MR) is 98.8 cm³/mol. The second-order valence-electron chi connectivity index (χ2n) is 7.01. The Bertz CT molecular complexity index is 534. The Hall–Kier alpha value is -0.373. The average molecular weight is 359 g/mol. The number of carbonyl (C=O) groups is 1. The van der Waals surface area contributed by atoms with Gasteiger partial charge in [-0.1, -0.05) is 43.9 Å². The van der Waals surface area contributed by atoms with Crippen LogP contribution in [0.1, 0.15) is 38.3 Å². The molecule has 1 fully saturated rings. The van der Waals surface area contributed by atoms with Gasteiger partial charge in [-0.2, -0.15) is 0 Å². The summed E-state index contributed by atoms with van der Waals surface area (Å²) in [5.41, 5.74) is 1.19. The first-order valence-corrected chi connectivity index (χ1v) is 12.2. The molecule has 124 valence electrons. The summed E-state index contributed by atoms with van der Waals surface area (Å²) in [7, 11) is -1.03. The first-order chi connectivity index (χ1) is 10.2. The fourth-order valence-electron chi connectivity index (χ4n) is 2.30. The van der Waals surface area contributed by atoms with Gasteiger partial charge in [0, 0.05) is 30.7 Å². The molecule has 0 aliphatic carbocycles. The minimum absolute atomic E-state index is 0.0321. The highest BCUT2D eigenvalue weighted by Crippen LogP contribution is 2.37. The van der Waals surface area contributed by atoms with Crippen LogP contribution in [0.15, 0.2) is 0 Å². The molecule has 1 aromatic heterocycles. The van der Waals surface area contributed by atoms with E-state index in [2.05, 4.69) is 38.8 Å². The molecule has 1 aliphatic rings. The summed E-state index contributed by atoms with van der Waals surface area (Å²) >= 11 is 3.20. The van der Waals surface area contributed by atoms with Crippen molar-refractivity contribution >= 4 is 42.4 Å². The van der Waals surface area contributed by atoms with Crippen LogP contribution in [-0.2, 0) is 21.2 Å². The third-order valence-corrected chi connectivity index (χ3v) is 6.28. The lowest BCUT2D eigenvalue weighted by atomic mass is 9.91. The van der Waals surface area contributed by atoms with Crippen molar-refractivity contribution in [3.8, 4) is 0 Å². The van der Waals surface area contributed by atoms with Crippen molar-refractivity contribution in [1.82, 2.24) is 4.98 Å². The molecule has 0 amide bonds. The monoisotopic (exact) mass is 358 g/mol. The van der Waals surface area contributed by atoms with Gasteiger partial charge in [-0.15, -0.1) is 0 Å². The van der Waals surface area contributed by atoms with Gasteiger partial charge in [-0.05, 0) is 13.1 Å². The van der Waals surface area contributed by atoms with Gasteiger partial charge in [0.05, 0.1) is 17.2 Å². The maximum Gasteiger partial charge on any atom is 0.186 e. The molecule has 2 heterocycles. The Kier molecular flexibility index (Phi) is 5.74. The summed E-state index contributed by atoms with van der Waals surface area (Å²) in [6.45, 7) is 15.1. The normalized spacial score (nSPS) is 16.2. The molecule has 0 unspecified atom stereocenters. The minimum atomic E-state index is -1.03. The van der Waals surface area contributed by atoms with Gasteiger partial charge < -0.3 is 9.33 Å². The molecule has 1 aromatic rings. The van der Waals surface area contributed by atoms with Crippen LogP contribution in [0.4, 0.5) is 5.13 Å². The average Bonchev–Trinajstić information content (AvgIpc) is 2.73. The highest BCUT2D eigenvalue weighted by Gasteiger charge is 2.32. The van der Waals surface area contributed by atoms with E-state index in [1.807, 2.05) is 0 Å². The van der Waals surface area contributed by atoms with Gasteiger partial charge in [0.15, 0.2) is 19.3 Å². The summed E-state index contributed by atoms with van der Waals surface area (Å²) in [5.74, 6) is 0. The largest absolute Gasteiger partial charge is 0.415 e. The number of anilines is 1. The molecule has 0 aromatic carbocycles. The highest BCUT2D eigenvalue weighted by molar-refractivity contribution is 8.14. The smallest absolute Gasteiger partial charge is 0.186 e. The maximum absolute atomic E-state index is 11.1. The van der Waals surface area contributed by atoms with Crippen LogP contribution < -0.4 is 4.90 Å². The van der Waals surface area contributed by atoms with Crippen molar-refractivity contribution in [3.05, 3.63) is 10.6 Å². The fraction of sp³-hybridized carbons (Fsp3) is 0.733. The number of hydrogen-bond donors (Lipinski definition) is 0. The molecule has 4 nitrogen and oxygen atoms in total. The summed E-state index contributed by atoms with van der Waals surface area (Å²) < 4.78 is 5.92. The summed E-state index contributed by atoms with van der Waals surface area (Å²) in [6.07, 6.45) is 0. The molecular weight excluding hydrogens is 332 g/mol. The zero-order valence-electron chi connectivity index (χ0n) is 14.3. The van der Waals surface area contributed by atoms with E-state index in [0.29, 0.717) is 11.9 Å². The van der Waals surface area contributed by atoms with E-state index >= 15 is 0 Å². The van der Waals surface area contributed by atoms with Crippen LogP contribution in [0, 0.1) is 0 Å². The third-order valence-electron chi connectivity index (χ3n) is 3.40. The topological polar surface area (TPSA) is 42.4 Å². The van der Waals surface area contributed by atoms with E-state index < -0.39 is 9.04 Å². The maximum atomic E-state index is 11.1. The van der Waals surface area contributed by atoms with Crippen molar-refractivity contribution in [2.24, 2.45) is 0 Å². The number of nitrogens with zero attached hydrogens (tertiary/aromatic N) is 2. The van der Waals surface area contributed by atoms with E-state index in [1.165, 1.54) is 16.6 Å². The SMILES string of the molecule is CC(=O)SC1CN(c2nc(C(C)(C)C)c(CO[SiH](C)C)s2)C1. The van der Waals surface area contributed by atoms with E-state index in [0.717, 1.165) is 23.9 Å². The lowest BCUT2D eigenvalue weighted by Crippen LogP contribution is -2.49. The van der Waals surface area contributed by atoms with E-state index in [1.54, 1.807) is 18.3 Å². The zero-order chi connectivity index (χ0) is 16.5. The minimum Gasteiger partial charge on any atom is -0.415 e. The molecule has 0 radical (unpaired) electrons. The molecule has 0 spiro atoms. The van der Waals surface area contributed by atoms with Crippen LogP contribution in [0.2, 0.25) is 13.1 Å². The van der Waals surface area contributed by atoms with Crippen LogP contribution in [0.5, 0.6) is 0 Å². The molecule has 0 atom stereocenters. The predicted octanol–water partition coefficient (Wildman–Crippen LogP) is 3.41. The van der Waals surface area contributed by atoms with Crippen molar-refractivity contribution in [2.75, 3.05) is 18.0 Å². The van der Waals surface area contributed by atoms with Crippen molar-refractivity contribution in [2.45, 2.75) is 58.1 Å². The summed E-state index contributed by atoms with van der Waals surface area (Å²) in [6, 6.07) is 0. The highest BCUT2D eigenvalue weighted by atomic mass is 32.2. The van der Waals surface area contributed by atoms with Crippen molar-refractivity contribution in [1.29, 1.82) is 0 Å². The Morgan fingerprint density at radius 1 is 1.45 bits per heavy atom. The van der Waals surface area contributed by atoms with Gasteiger partial charge in [0.2, 0.25) is 0 Å². The molecule has 0 saturated carbocycles. The van der Waals surface area contributed by atoms with E-state index in [9.17, 15) is 4.79 Å². The first kappa shape index (κ1) is 18.0. The van der Waals surface area contributed by atoms with Crippen LogP contribution >= 0.6 is 23.1 Å². The first-order valence-electron chi connectivity index (χ1n) is 7.70. The lowest BCUT2D eigenvalue weighted by Gasteiger charge is -2.38. The molecule has 22 heavy (non-hydrogen) atoms. The standard InChI is InChI=1S/C15H26N2O2S2Si/c1-10(18)20-11-7-17(8-11)14-16-13(15(2,3)4)12(21-14)9-19-22(5)6/h11,22H,7-9H2,1-6H3. The zero-order valence-corrected chi connectivity index (χ0v) is 17.1. The van der Waals surface area contributed by atoms with Gasteiger partial charge in [-0.3, -0.25) is 4.79 Å². The molecule has 1 aliphatic heterocycles. The molecule has 2 rings (SSSR count). The third kappa shape index (κ3) is 4.56. The second kappa shape index (κ2) is 7.03. The van der Waals surface area contributed by atoms with Gasteiger partial charge in [0.25, 0.3) is 0 Å². The molecule has 0 bridgehead atoms. The molecule has 1 saturated heterocycles. The summed E-state index contributed by atoms with van der Waals surface area (Å²) in [5, 5.41) is 1.70. The molecule has 0 N–H and O–H groups in total. The van der Waals surface area contributed by atoms with E-state index in [4.69, 9.17) is 9.41 Å². The number of thioether (sulfide) groups is 1. The number of rotatable bonds is 5. The fourth-order valence-corrected chi connectivity index (χ4v) is 5.11. The number of carbonyl (C=O) groups excluding carboxylic acids is 1. The van der Waals surface area contributed by atoms with Crippen molar-refractivity contribution in [3.63, 3.8) is 0 Å². The van der Waals surface area contributed by atoms with Crippen molar-refractivity contribution < 1.29 is 9.22 Å². The van der Waals surface area contributed by atoms with Crippen LogP contribution in [0.25, 0.3) is 0 Å².